The first-order valence-corrected chi connectivity index (χ1v) is 10.6. The predicted octanol–water partition coefficient (Wildman–Crippen LogP) is 3.22. The van der Waals surface area contributed by atoms with E-state index in [1.165, 1.54) is 13.0 Å². The number of carbonyl (C=O) groups is 1. The first-order valence-electron chi connectivity index (χ1n) is 10.6. The summed E-state index contributed by atoms with van der Waals surface area (Å²) in [4.78, 5) is 20.2. The van der Waals surface area contributed by atoms with Crippen molar-refractivity contribution in [2.75, 3.05) is 50.1 Å². The van der Waals surface area contributed by atoms with E-state index in [0.29, 0.717) is 50.7 Å². The quantitative estimate of drug-likeness (QED) is 0.528. The lowest BCUT2D eigenvalue weighted by Crippen LogP contribution is -2.52. The summed E-state index contributed by atoms with van der Waals surface area (Å²) in [5, 5.41) is 6.06. The van der Waals surface area contributed by atoms with E-state index >= 15 is 0 Å². The number of benzene rings is 2. The van der Waals surface area contributed by atoms with E-state index in [1.54, 1.807) is 13.2 Å². The van der Waals surface area contributed by atoms with Gasteiger partial charge in [0.2, 0.25) is 5.91 Å². The monoisotopic (exact) mass is 445 g/mol. The molecule has 172 valence electrons. The summed E-state index contributed by atoms with van der Waals surface area (Å²) in [7, 11) is 1.55. The molecule has 0 spiro atoms. The maximum absolute atomic E-state index is 14.1. The minimum absolute atomic E-state index is 0.176. The Morgan fingerprint density at radius 2 is 1.88 bits per heavy atom. The molecule has 0 bridgehead atoms. The summed E-state index contributed by atoms with van der Waals surface area (Å²) >= 11 is 0. The first-order chi connectivity index (χ1) is 15.4. The molecule has 3 rings (SSSR count). The molecule has 1 heterocycles. The average Bonchev–Trinajstić information content (AvgIpc) is 2.78. The van der Waals surface area contributed by atoms with E-state index in [2.05, 4.69) is 15.5 Å². The summed E-state index contributed by atoms with van der Waals surface area (Å²) in [6.45, 7) is 6.93. The number of halogens is 2. The average molecular weight is 446 g/mol. The molecule has 0 atom stereocenters. The number of piperazine rings is 1. The van der Waals surface area contributed by atoms with Gasteiger partial charge in [-0.25, -0.2) is 13.8 Å². The number of carbonyl (C=O) groups excluding carboxylic acids is 1. The fraction of sp³-hybridized carbons (Fsp3) is 0.391. The van der Waals surface area contributed by atoms with Crippen molar-refractivity contribution in [1.82, 2.24) is 10.2 Å². The Morgan fingerprint density at radius 3 is 2.53 bits per heavy atom. The third-order valence-electron chi connectivity index (χ3n) is 5.15. The molecule has 1 fully saturated rings. The van der Waals surface area contributed by atoms with Crippen molar-refractivity contribution in [3.05, 3.63) is 53.6 Å². The molecule has 7 nitrogen and oxygen atoms in total. The van der Waals surface area contributed by atoms with Crippen LogP contribution in [0.15, 0.2) is 41.4 Å². The van der Waals surface area contributed by atoms with Gasteiger partial charge < -0.3 is 25.2 Å². The Balaban J connectivity index is 1.69. The highest BCUT2D eigenvalue weighted by molar-refractivity contribution is 5.90. The predicted molar refractivity (Wildman–Crippen MR) is 122 cm³/mol. The second-order valence-electron chi connectivity index (χ2n) is 7.46. The van der Waals surface area contributed by atoms with Crippen LogP contribution in [-0.2, 0) is 11.3 Å². The third kappa shape index (κ3) is 5.87. The smallest absolute Gasteiger partial charge is 0.221 e. The zero-order valence-electron chi connectivity index (χ0n) is 18.6. The van der Waals surface area contributed by atoms with Crippen LogP contribution in [0.3, 0.4) is 0 Å². The normalized spacial score (nSPS) is 14.3. The van der Waals surface area contributed by atoms with Gasteiger partial charge in [0.1, 0.15) is 17.4 Å². The summed E-state index contributed by atoms with van der Waals surface area (Å²) in [6, 6.07) is 9.07. The molecule has 1 amide bonds. The Morgan fingerprint density at radius 1 is 1.12 bits per heavy atom. The van der Waals surface area contributed by atoms with Crippen molar-refractivity contribution in [3.63, 3.8) is 0 Å². The van der Waals surface area contributed by atoms with Crippen molar-refractivity contribution >= 4 is 23.2 Å². The van der Waals surface area contributed by atoms with Gasteiger partial charge in [-0.2, -0.15) is 0 Å². The summed E-state index contributed by atoms with van der Waals surface area (Å²) in [6.07, 6.45) is 0. The van der Waals surface area contributed by atoms with Crippen molar-refractivity contribution < 1.29 is 18.3 Å². The van der Waals surface area contributed by atoms with E-state index in [-0.39, 0.29) is 11.6 Å². The van der Waals surface area contributed by atoms with Gasteiger partial charge in [0.05, 0.1) is 25.0 Å². The van der Waals surface area contributed by atoms with E-state index in [4.69, 9.17) is 9.73 Å². The number of aliphatic imine (C=N–C) groups is 1. The fourth-order valence-corrected chi connectivity index (χ4v) is 3.62. The van der Waals surface area contributed by atoms with Gasteiger partial charge in [0, 0.05) is 45.7 Å². The lowest BCUT2D eigenvalue weighted by molar-refractivity contribution is -0.114. The van der Waals surface area contributed by atoms with Crippen LogP contribution in [0.4, 0.5) is 20.2 Å². The maximum Gasteiger partial charge on any atom is 0.221 e. The molecule has 0 saturated carbocycles. The molecule has 0 aromatic heterocycles. The first kappa shape index (κ1) is 23.3. The minimum atomic E-state index is -0.447. The van der Waals surface area contributed by atoms with Crippen LogP contribution in [0.2, 0.25) is 0 Å². The summed E-state index contributed by atoms with van der Waals surface area (Å²) in [5.74, 6) is 0.293. The van der Waals surface area contributed by atoms with Gasteiger partial charge >= 0.3 is 0 Å². The minimum Gasteiger partial charge on any atom is -0.495 e. The van der Waals surface area contributed by atoms with Gasteiger partial charge in [0.15, 0.2) is 5.96 Å². The highest BCUT2D eigenvalue weighted by Gasteiger charge is 2.22. The van der Waals surface area contributed by atoms with Gasteiger partial charge in [-0.1, -0.05) is 6.07 Å². The van der Waals surface area contributed by atoms with E-state index in [9.17, 15) is 13.6 Å². The zero-order chi connectivity index (χ0) is 23.1. The number of ether oxygens (including phenoxy) is 1. The lowest BCUT2D eigenvalue weighted by atomic mass is 10.2. The molecule has 1 aliphatic rings. The van der Waals surface area contributed by atoms with Crippen LogP contribution >= 0.6 is 0 Å². The Kier molecular flexibility index (Phi) is 7.86. The lowest BCUT2D eigenvalue weighted by Gasteiger charge is -2.37. The molecule has 32 heavy (non-hydrogen) atoms. The van der Waals surface area contributed by atoms with Crippen molar-refractivity contribution in [2.45, 2.75) is 20.4 Å². The van der Waals surface area contributed by atoms with Crippen LogP contribution < -0.4 is 20.3 Å². The summed E-state index contributed by atoms with van der Waals surface area (Å²) in [5.41, 5.74) is 1.81. The fourth-order valence-electron chi connectivity index (χ4n) is 3.62. The summed E-state index contributed by atoms with van der Waals surface area (Å²) < 4.78 is 33.0. The number of amides is 1. The number of nitrogens with one attached hydrogen (secondary N) is 2. The Hall–Kier alpha value is -3.36. The second-order valence-corrected chi connectivity index (χ2v) is 7.46. The molecule has 2 N–H and O–H groups in total. The van der Waals surface area contributed by atoms with E-state index in [0.717, 1.165) is 23.7 Å². The SMILES string of the molecule is CCNC(=NCc1ccc(OC)c(NC(C)=O)c1)N1CCN(c2cc(F)ccc2F)CC1. The molecule has 0 aliphatic carbocycles. The highest BCUT2D eigenvalue weighted by atomic mass is 19.1. The topological polar surface area (TPSA) is 69.2 Å². The van der Waals surface area contributed by atoms with Crippen LogP contribution in [0, 0.1) is 11.6 Å². The van der Waals surface area contributed by atoms with Gasteiger partial charge in [-0.15, -0.1) is 0 Å². The Bertz CT molecular complexity index is 975. The number of rotatable bonds is 6. The largest absolute Gasteiger partial charge is 0.495 e. The van der Waals surface area contributed by atoms with Crippen LogP contribution in [-0.4, -0.2) is 56.6 Å². The molecular weight excluding hydrogens is 416 g/mol. The number of anilines is 2. The van der Waals surface area contributed by atoms with Gasteiger partial charge in [-0.3, -0.25) is 4.79 Å². The number of hydrogen-bond acceptors (Lipinski definition) is 4. The van der Waals surface area contributed by atoms with Crippen LogP contribution in [0.25, 0.3) is 0 Å². The number of nitrogens with zero attached hydrogens (tertiary/aromatic N) is 3. The number of guanidine groups is 1. The Labute approximate surface area is 187 Å². The van der Waals surface area contributed by atoms with E-state index < -0.39 is 11.6 Å². The highest BCUT2D eigenvalue weighted by Crippen LogP contribution is 2.26. The molecular formula is C23H29F2N5O2. The molecule has 2 aromatic rings. The maximum atomic E-state index is 14.1. The van der Waals surface area contributed by atoms with E-state index in [1.807, 2.05) is 24.0 Å². The number of methoxy groups -OCH3 is 1. The van der Waals surface area contributed by atoms with Gasteiger partial charge in [0.25, 0.3) is 0 Å². The van der Waals surface area contributed by atoms with Crippen LogP contribution in [0.5, 0.6) is 5.75 Å². The third-order valence-corrected chi connectivity index (χ3v) is 5.15. The molecule has 1 aliphatic heterocycles. The zero-order valence-corrected chi connectivity index (χ0v) is 18.6. The number of hydrogen-bond donors (Lipinski definition) is 2. The molecule has 0 radical (unpaired) electrons. The van der Waals surface area contributed by atoms with Crippen LogP contribution in [0.1, 0.15) is 19.4 Å². The standard InChI is InChI=1S/C23H29F2N5O2/c1-4-26-23(27-15-17-5-8-22(32-3)20(13-17)28-16(2)31)30-11-9-29(10-12-30)21-14-18(24)6-7-19(21)25/h5-8,13-14H,4,9-12,15H2,1-3H3,(H,26,27)(H,28,31). The molecule has 0 unspecified atom stereocenters. The van der Waals surface area contributed by atoms with Gasteiger partial charge in [-0.05, 0) is 36.8 Å². The van der Waals surface area contributed by atoms with Crippen molar-refractivity contribution in [2.24, 2.45) is 4.99 Å². The van der Waals surface area contributed by atoms with Crippen molar-refractivity contribution in [3.8, 4) is 5.75 Å². The molecule has 2 aromatic carbocycles. The molecule has 9 heteroatoms. The molecule has 1 saturated heterocycles. The van der Waals surface area contributed by atoms with Crippen molar-refractivity contribution in [1.29, 1.82) is 0 Å². The second kappa shape index (κ2) is 10.8.